The summed E-state index contributed by atoms with van der Waals surface area (Å²) in [7, 11) is 0. The molecule has 5 rings (SSSR count). The van der Waals surface area contributed by atoms with Gasteiger partial charge < -0.3 is 12.4 Å². The van der Waals surface area contributed by atoms with E-state index < -0.39 is 0 Å². The summed E-state index contributed by atoms with van der Waals surface area (Å²) in [6.07, 6.45) is 2.04. The van der Waals surface area contributed by atoms with Gasteiger partial charge in [-0.1, -0.05) is 41.9 Å². The van der Waals surface area contributed by atoms with Crippen LogP contribution in [0.3, 0.4) is 0 Å². The number of nitrogens with zero attached hydrogens (tertiary/aromatic N) is 4. The van der Waals surface area contributed by atoms with Crippen LogP contribution in [0.2, 0.25) is 5.15 Å². The maximum Gasteiger partial charge on any atom is 0.251 e. The molecule has 3 aromatic heterocycles. The second-order valence-electron chi connectivity index (χ2n) is 7.07. The van der Waals surface area contributed by atoms with E-state index in [2.05, 4.69) is 50.7 Å². The Hall–Kier alpha value is -2.18. The molecular formula is C21H21Cl2N5. The minimum Gasteiger partial charge on any atom is -1.00 e. The highest BCUT2D eigenvalue weighted by Crippen LogP contribution is 2.20. The molecule has 0 atom stereocenters. The van der Waals surface area contributed by atoms with E-state index in [1.807, 2.05) is 24.4 Å². The number of aromatic nitrogens is 3. The van der Waals surface area contributed by atoms with Crippen LogP contribution in [0, 0.1) is 0 Å². The van der Waals surface area contributed by atoms with E-state index in [-0.39, 0.29) is 12.4 Å². The highest BCUT2D eigenvalue weighted by atomic mass is 35.5. The number of rotatable bonds is 3. The average molecular weight is 414 g/mol. The normalized spacial score (nSPS) is 15.8. The second kappa shape index (κ2) is 8.05. The van der Waals surface area contributed by atoms with Crippen LogP contribution in [0.4, 0.5) is 5.82 Å². The van der Waals surface area contributed by atoms with Crippen LogP contribution in [0.25, 0.3) is 16.7 Å². The summed E-state index contributed by atoms with van der Waals surface area (Å²) in [4.78, 5) is 13.4. The minimum absolute atomic E-state index is 0. The third kappa shape index (κ3) is 3.59. The fourth-order valence-electron chi connectivity index (χ4n) is 3.94. The van der Waals surface area contributed by atoms with Crippen LogP contribution in [0.1, 0.15) is 5.56 Å². The standard InChI is InChI=1S/C21H20ClN5.ClH/c22-19-9-8-17-20(24-19)27-10-4-7-18(27)21(23-17)26-13-11-25(12-14-26)15-16-5-2-1-3-6-16;/h1-10H,11-15H2;1H. The Morgan fingerprint density at radius 2 is 1.71 bits per heavy atom. The van der Waals surface area contributed by atoms with Crippen molar-refractivity contribution in [3.8, 4) is 0 Å². The average Bonchev–Trinajstić information content (AvgIpc) is 3.19. The number of hydrogen-bond donors (Lipinski definition) is 1. The van der Waals surface area contributed by atoms with E-state index in [1.54, 1.807) is 0 Å². The Labute approximate surface area is 175 Å². The number of nitrogens with one attached hydrogen (secondary N) is 1. The molecule has 5 nitrogen and oxygen atoms in total. The van der Waals surface area contributed by atoms with Gasteiger partial charge in [-0.15, -0.1) is 0 Å². The first-order valence-electron chi connectivity index (χ1n) is 9.32. The van der Waals surface area contributed by atoms with Gasteiger partial charge in [0.2, 0.25) is 0 Å². The van der Waals surface area contributed by atoms with Crippen molar-refractivity contribution in [3.63, 3.8) is 0 Å². The first kappa shape index (κ1) is 19.2. The lowest BCUT2D eigenvalue weighted by Gasteiger charge is -2.31. The van der Waals surface area contributed by atoms with Crippen molar-refractivity contribution in [2.24, 2.45) is 0 Å². The number of hydrogen-bond acceptors (Lipinski definition) is 3. The maximum absolute atomic E-state index is 6.09. The van der Waals surface area contributed by atoms with E-state index in [0.717, 1.165) is 55.2 Å². The van der Waals surface area contributed by atoms with Gasteiger partial charge in [0.25, 0.3) is 5.82 Å². The second-order valence-corrected chi connectivity index (χ2v) is 7.45. The predicted molar refractivity (Wildman–Crippen MR) is 108 cm³/mol. The number of quaternary nitrogens is 1. The molecule has 0 amide bonds. The molecule has 0 aliphatic carbocycles. The van der Waals surface area contributed by atoms with Gasteiger partial charge in [-0.3, -0.25) is 14.2 Å². The summed E-state index contributed by atoms with van der Waals surface area (Å²) in [5, 5.41) is 0.494. The molecule has 144 valence electrons. The summed E-state index contributed by atoms with van der Waals surface area (Å²) in [6, 6.07) is 18.6. The van der Waals surface area contributed by atoms with Gasteiger partial charge in [0, 0.05) is 25.8 Å². The van der Waals surface area contributed by atoms with Gasteiger partial charge in [-0.2, -0.15) is 4.98 Å². The van der Waals surface area contributed by atoms with Gasteiger partial charge in [0.1, 0.15) is 16.2 Å². The molecule has 1 saturated heterocycles. The van der Waals surface area contributed by atoms with Gasteiger partial charge in [-0.05, 0) is 29.8 Å². The molecule has 1 aromatic carbocycles. The minimum atomic E-state index is 0. The first-order valence-corrected chi connectivity index (χ1v) is 9.70. The van der Waals surface area contributed by atoms with Crippen LogP contribution >= 0.6 is 11.6 Å². The third-order valence-electron chi connectivity index (χ3n) is 5.32. The predicted octanol–water partition coefficient (Wildman–Crippen LogP) is -0.428. The molecule has 1 fully saturated rings. The fourth-order valence-corrected chi connectivity index (χ4v) is 4.08. The van der Waals surface area contributed by atoms with Crippen molar-refractivity contribution in [3.05, 3.63) is 71.5 Å². The van der Waals surface area contributed by atoms with Crippen molar-refractivity contribution in [2.75, 3.05) is 26.2 Å². The topological polar surface area (TPSA) is 37.9 Å². The Kier molecular flexibility index (Phi) is 5.51. The summed E-state index contributed by atoms with van der Waals surface area (Å²) in [5.41, 5.74) is 4.19. The number of piperazine rings is 1. The molecule has 7 heteroatoms. The summed E-state index contributed by atoms with van der Waals surface area (Å²) >= 11 is 6.09. The lowest BCUT2D eigenvalue weighted by atomic mass is 10.2. The zero-order valence-electron chi connectivity index (χ0n) is 15.4. The van der Waals surface area contributed by atoms with Gasteiger partial charge in [-0.25, -0.2) is 4.98 Å². The Morgan fingerprint density at radius 3 is 2.50 bits per heavy atom. The number of fused-ring (bicyclic) bond motifs is 3. The van der Waals surface area contributed by atoms with Crippen molar-refractivity contribution in [2.45, 2.75) is 6.54 Å². The molecule has 4 heterocycles. The van der Waals surface area contributed by atoms with Crippen LogP contribution in [0.15, 0.2) is 60.8 Å². The molecular weight excluding hydrogens is 393 g/mol. The third-order valence-corrected chi connectivity index (χ3v) is 5.53. The molecule has 0 bridgehead atoms. The molecule has 4 aromatic rings. The summed E-state index contributed by atoms with van der Waals surface area (Å²) < 4.78 is 2.10. The van der Waals surface area contributed by atoms with Crippen LogP contribution in [0.5, 0.6) is 0 Å². The van der Waals surface area contributed by atoms with Crippen LogP contribution < -0.4 is 17.3 Å². The van der Waals surface area contributed by atoms with E-state index in [4.69, 9.17) is 16.6 Å². The monoisotopic (exact) mass is 413 g/mol. The number of pyridine rings is 1. The Morgan fingerprint density at radius 1 is 0.929 bits per heavy atom. The lowest BCUT2D eigenvalue weighted by Crippen LogP contribution is -3.10. The van der Waals surface area contributed by atoms with E-state index in [1.165, 1.54) is 10.5 Å². The van der Waals surface area contributed by atoms with Crippen LogP contribution in [-0.4, -0.2) is 45.4 Å². The van der Waals surface area contributed by atoms with Crippen molar-refractivity contribution < 1.29 is 17.3 Å². The molecule has 1 aliphatic rings. The van der Waals surface area contributed by atoms with Crippen LogP contribution in [-0.2, 0) is 6.54 Å². The Balaban J connectivity index is 0.00000192. The molecule has 0 saturated carbocycles. The largest absolute Gasteiger partial charge is 1.00 e. The number of halogens is 2. The van der Waals surface area contributed by atoms with E-state index in [0.29, 0.717) is 5.15 Å². The van der Waals surface area contributed by atoms with Crippen molar-refractivity contribution >= 4 is 34.1 Å². The Bertz CT molecular complexity index is 1090. The van der Waals surface area contributed by atoms with Gasteiger partial charge in [0.15, 0.2) is 5.65 Å². The molecule has 0 radical (unpaired) electrons. The zero-order valence-corrected chi connectivity index (χ0v) is 16.9. The van der Waals surface area contributed by atoms with E-state index in [9.17, 15) is 0 Å². The SMILES string of the molecule is Clc1ccc2nc([NH+]3CCN(Cc4ccccc4)CC3)c3cccn3c2n1.[Cl-]. The smallest absolute Gasteiger partial charge is 0.251 e. The lowest BCUT2D eigenvalue weighted by molar-refractivity contribution is -0.839. The molecule has 28 heavy (non-hydrogen) atoms. The summed E-state index contributed by atoms with van der Waals surface area (Å²) in [6.45, 7) is 5.24. The fraction of sp³-hybridized carbons (Fsp3) is 0.238. The quantitative estimate of drug-likeness (QED) is 0.463. The molecule has 1 aliphatic heterocycles. The van der Waals surface area contributed by atoms with Gasteiger partial charge >= 0.3 is 0 Å². The molecule has 1 N–H and O–H groups in total. The molecule has 0 unspecified atom stereocenters. The van der Waals surface area contributed by atoms with Crippen molar-refractivity contribution in [1.29, 1.82) is 0 Å². The molecule has 0 spiro atoms. The van der Waals surface area contributed by atoms with Gasteiger partial charge in [0.05, 0.1) is 13.1 Å². The highest BCUT2D eigenvalue weighted by molar-refractivity contribution is 6.29. The number of benzene rings is 1. The summed E-state index contributed by atoms with van der Waals surface area (Å²) in [5.74, 6) is 1.11. The van der Waals surface area contributed by atoms with E-state index >= 15 is 0 Å². The van der Waals surface area contributed by atoms with Crippen molar-refractivity contribution in [1.82, 2.24) is 19.3 Å². The zero-order chi connectivity index (χ0) is 18.2. The first-order chi connectivity index (χ1) is 13.3. The highest BCUT2D eigenvalue weighted by Gasteiger charge is 2.25. The maximum atomic E-state index is 6.09.